The van der Waals surface area contributed by atoms with Crippen LogP contribution >= 0.6 is 0 Å². The monoisotopic (exact) mass is 241 g/mol. The smallest absolute Gasteiger partial charge is 0.0282 e. The van der Waals surface area contributed by atoms with Crippen molar-refractivity contribution in [2.75, 3.05) is 40.3 Å². The van der Waals surface area contributed by atoms with Crippen LogP contribution in [0.4, 0.5) is 0 Å². The fraction of sp³-hybridized carbons (Fsp3) is 1.00. The molecule has 0 unspecified atom stereocenters. The lowest BCUT2D eigenvalue weighted by molar-refractivity contribution is 0.0251. The fourth-order valence-electron chi connectivity index (χ4n) is 2.99. The molecule has 1 aliphatic rings. The summed E-state index contributed by atoms with van der Waals surface area (Å²) < 4.78 is 0. The van der Waals surface area contributed by atoms with E-state index in [1.54, 1.807) is 0 Å². The van der Waals surface area contributed by atoms with Crippen molar-refractivity contribution >= 4 is 0 Å². The maximum atomic E-state index is 3.57. The molecule has 1 saturated heterocycles. The van der Waals surface area contributed by atoms with Gasteiger partial charge >= 0.3 is 0 Å². The van der Waals surface area contributed by atoms with Crippen molar-refractivity contribution < 1.29 is 0 Å². The van der Waals surface area contributed by atoms with Crippen molar-refractivity contribution in [2.24, 2.45) is 0 Å². The summed E-state index contributed by atoms with van der Waals surface area (Å²) in [5, 5.41) is 3.57. The van der Waals surface area contributed by atoms with Gasteiger partial charge in [0.05, 0.1) is 0 Å². The van der Waals surface area contributed by atoms with Gasteiger partial charge < -0.3 is 10.2 Å². The van der Waals surface area contributed by atoms with Gasteiger partial charge in [0.2, 0.25) is 0 Å². The van der Waals surface area contributed by atoms with Crippen molar-refractivity contribution in [1.82, 2.24) is 15.1 Å². The molecule has 1 heterocycles. The normalized spacial score (nSPS) is 24.9. The molecular formula is C14H31N3. The second kappa shape index (κ2) is 5.68. The van der Waals surface area contributed by atoms with Crippen LogP contribution in [0.5, 0.6) is 0 Å². The molecule has 0 saturated carbocycles. The largest absolute Gasteiger partial charge is 0.315 e. The average Bonchev–Trinajstić information content (AvgIpc) is 2.27. The molecule has 0 amide bonds. The summed E-state index contributed by atoms with van der Waals surface area (Å²) in [5.74, 6) is 0. The lowest BCUT2D eigenvalue weighted by Crippen LogP contribution is -2.57. The second-order valence-electron chi connectivity index (χ2n) is 6.86. The summed E-state index contributed by atoms with van der Waals surface area (Å²) in [6.45, 7) is 14.1. The third kappa shape index (κ3) is 4.23. The van der Waals surface area contributed by atoms with E-state index in [1.165, 1.54) is 25.9 Å². The standard InChI is InChI=1S/C14H31N3/c1-13(2)8-9-15-12-14(3,4)17(13)11-7-10-16(5)6/h15H,7-12H2,1-6H3. The fourth-order valence-corrected chi connectivity index (χ4v) is 2.99. The van der Waals surface area contributed by atoms with E-state index in [9.17, 15) is 0 Å². The molecule has 0 atom stereocenters. The van der Waals surface area contributed by atoms with Crippen molar-refractivity contribution in [3.8, 4) is 0 Å². The summed E-state index contributed by atoms with van der Waals surface area (Å²) >= 11 is 0. The number of nitrogens with zero attached hydrogens (tertiary/aromatic N) is 2. The zero-order valence-corrected chi connectivity index (χ0v) is 12.6. The quantitative estimate of drug-likeness (QED) is 0.809. The van der Waals surface area contributed by atoms with Gasteiger partial charge in [-0.15, -0.1) is 0 Å². The Balaban J connectivity index is 2.66. The van der Waals surface area contributed by atoms with Gasteiger partial charge in [0, 0.05) is 24.2 Å². The van der Waals surface area contributed by atoms with Crippen LogP contribution in [-0.2, 0) is 0 Å². The molecule has 0 aromatic heterocycles. The molecule has 0 aliphatic carbocycles. The van der Waals surface area contributed by atoms with Crippen LogP contribution in [0.15, 0.2) is 0 Å². The van der Waals surface area contributed by atoms with E-state index in [-0.39, 0.29) is 5.54 Å². The topological polar surface area (TPSA) is 18.5 Å². The molecule has 0 radical (unpaired) electrons. The van der Waals surface area contributed by atoms with Gasteiger partial charge in [0.25, 0.3) is 0 Å². The van der Waals surface area contributed by atoms with Gasteiger partial charge in [-0.05, 0) is 67.7 Å². The van der Waals surface area contributed by atoms with Crippen LogP contribution in [0.1, 0.15) is 40.5 Å². The van der Waals surface area contributed by atoms with Crippen LogP contribution < -0.4 is 5.32 Å². The van der Waals surface area contributed by atoms with Crippen LogP contribution in [0.2, 0.25) is 0 Å². The van der Waals surface area contributed by atoms with Crippen molar-refractivity contribution in [3.63, 3.8) is 0 Å². The first-order chi connectivity index (χ1) is 7.76. The Labute approximate surface area is 108 Å². The van der Waals surface area contributed by atoms with Gasteiger partial charge in [0.15, 0.2) is 0 Å². The number of rotatable bonds is 4. The first-order valence-electron chi connectivity index (χ1n) is 6.89. The highest BCUT2D eigenvalue weighted by Gasteiger charge is 2.38. The van der Waals surface area contributed by atoms with Gasteiger partial charge in [-0.25, -0.2) is 0 Å². The zero-order chi connectivity index (χ0) is 13.1. The molecule has 1 N–H and O–H groups in total. The molecule has 0 bridgehead atoms. The minimum Gasteiger partial charge on any atom is -0.315 e. The highest BCUT2D eigenvalue weighted by Crippen LogP contribution is 2.29. The summed E-state index contributed by atoms with van der Waals surface area (Å²) in [5.41, 5.74) is 0.561. The molecule has 102 valence electrons. The molecule has 0 aromatic carbocycles. The molecule has 0 spiro atoms. The van der Waals surface area contributed by atoms with Crippen molar-refractivity contribution in [2.45, 2.75) is 51.6 Å². The Morgan fingerprint density at radius 3 is 2.35 bits per heavy atom. The van der Waals surface area contributed by atoms with Gasteiger partial charge in [-0.2, -0.15) is 0 Å². The van der Waals surface area contributed by atoms with Crippen LogP contribution in [0.3, 0.4) is 0 Å². The molecule has 0 aromatic rings. The summed E-state index contributed by atoms with van der Waals surface area (Å²) in [6.07, 6.45) is 2.48. The summed E-state index contributed by atoms with van der Waals surface area (Å²) in [4.78, 5) is 4.97. The molecular weight excluding hydrogens is 210 g/mol. The predicted octanol–water partition coefficient (Wildman–Crippen LogP) is 1.79. The first-order valence-corrected chi connectivity index (χ1v) is 6.89. The number of hydrogen-bond donors (Lipinski definition) is 1. The van der Waals surface area contributed by atoms with E-state index < -0.39 is 0 Å². The van der Waals surface area contributed by atoms with Crippen molar-refractivity contribution in [3.05, 3.63) is 0 Å². The zero-order valence-electron chi connectivity index (χ0n) is 12.6. The first kappa shape index (κ1) is 14.9. The predicted molar refractivity (Wildman–Crippen MR) is 75.5 cm³/mol. The Hall–Kier alpha value is -0.120. The molecule has 1 fully saturated rings. The molecule has 17 heavy (non-hydrogen) atoms. The van der Waals surface area contributed by atoms with E-state index in [0.29, 0.717) is 5.54 Å². The maximum Gasteiger partial charge on any atom is 0.0282 e. The second-order valence-corrected chi connectivity index (χ2v) is 6.86. The Bertz CT molecular complexity index is 216. The van der Waals surface area contributed by atoms with E-state index in [4.69, 9.17) is 0 Å². The van der Waals surface area contributed by atoms with Crippen LogP contribution in [0, 0.1) is 0 Å². The number of hydrogen-bond acceptors (Lipinski definition) is 3. The van der Waals surface area contributed by atoms with E-state index in [2.05, 4.69) is 56.9 Å². The Morgan fingerprint density at radius 1 is 1.12 bits per heavy atom. The van der Waals surface area contributed by atoms with Gasteiger partial charge in [-0.3, -0.25) is 4.90 Å². The van der Waals surface area contributed by atoms with Crippen LogP contribution in [0.25, 0.3) is 0 Å². The van der Waals surface area contributed by atoms with Gasteiger partial charge in [0.1, 0.15) is 0 Å². The lowest BCUT2D eigenvalue weighted by Gasteiger charge is -2.47. The van der Waals surface area contributed by atoms with Crippen LogP contribution in [-0.4, -0.2) is 61.2 Å². The van der Waals surface area contributed by atoms with Crippen molar-refractivity contribution in [1.29, 1.82) is 0 Å². The molecule has 1 rings (SSSR count). The number of nitrogens with one attached hydrogen (secondary N) is 1. The third-order valence-corrected chi connectivity index (χ3v) is 3.92. The van der Waals surface area contributed by atoms with E-state index >= 15 is 0 Å². The highest BCUT2D eigenvalue weighted by molar-refractivity contribution is 4.96. The summed E-state index contributed by atoms with van der Waals surface area (Å²) in [7, 11) is 4.31. The molecule has 1 aliphatic heterocycles. The molecule has 3 heteroatoms. The van der Waals surface area contributed by atoms with Gasteiger partial charge in [-0.1, -0.05) is 0 Å². The SMILES string of the molecule is CN(C)CCCN1C(C)(C)CCNCC1(C)C. The Morgan fingerprint density at radius 2 is 1.76 bits per heavy atom. The molecule has 3 nitrogen and oxygen atoms in total. The lowest BCUT2D eigenvalue weighted by atomic mass is 9.91. The summed E-state index contributed by atoms with van der Waals surface area (Å²) in [6, 6.07) is 0. The van der Waals surface area contributed by atoms with E-state index in [1.807, 2.05) is 0 Å². The van der Waals surface area contributed by atoms with E-state index in [0.717, 1.165) is 13.1 Å². The minimum absolute atomic E-state index is 0.256. The maximum absolute atomic E-state index is 3.57. The Kier molecular flexibility index (Phi) is 4.99. The highest BCUT2D eigenvalue weighted by atomic mass is 15.3. The third-order valence-electron chi connectivity index (χ3n) is 3.92. The minimum atomic E-state index is 0.256. The average molecular weight is 241 g/mol.